The highest BCUT2D eigenvalue weighted by atomic mass is 32.2. The number of methoxy groups -OCH3 is 1. The predicted molar refractivity (Wildman–Crippen MR) is 80.3 cm³/mol. The smallest absolute Gasteiger partial charge is 0.323 e. The third kappa shape index (κ3) is 4.52. The first-order chi connectivity index (χ1) is 9.85. The number of nitrogens with one attached hydrogen (secondary N) is 2. The number of carbonyl (C=O) groups is 1. The minimum Gasteiger partial charge on any atom is -0.468 e. The van der Waals surface area contributed by atoms with Gasteiger partial charge in [0.1, 0.15) is 6.04 Å². The average molecular weight is 314 g/mol. The fourth-order valence-corrected chi connectivity index (χ4v) is 3.28. The summed E-state index contributed by atoms with van der Waals surface area (Å²) in [4.78, 5) is 11.5. The molecule has 0 fully saturated rings. The van der Waals surface area contributed by atoms with Crippen LogP contribution in [0.1, 0.15) is 31.9 Å². The van der Waals surface area contributed by atoms with Crippen molar-refractivity contribution in [2.45, 2.75) is 37.2 Å². The van der Waals surface area contributed by atoms with Crippen LogP contribution in [-0.4, -0.2) is 34.6 Å². The first-order valence-electron chi connectivity index (χ1n) is 6.73. The Balaban J connectivity index is 3.04. The first-order valence-corrected chi connectivity index (χ1v) is 8.21. The van der Waals surface area contributed by atoms with E-state index in [-0.39, 0.29) is 10.9 Å². The quantitative estimate of drug-likeness (QED) is 0.739. The molecule has 0 bridgehead atoms. The molecule has 0 aliphatic rings. The Morgan fingerprint density at radius 3 is 2.57 bits per heavy atom. The van der Waals surface area contributed by atoms with Gasteiger partial charge in [-0.15, -0.1) is 0 Å². The summed E-state index contributed by atoms with van der Waals surface area (Å²) in [7, 11) is -0.725. The third-order valence-electron chi connectivity index (χ3n) is 3.21. The van der Waals surface area contributed by atoms with E-state index in [4.69, 9.17) is 0 Å². The van der Waals surface area contributed by atoms with E-state index >= 15 is 0 Å². The molecule has 2 N–H and O–H groups in total. The molecule has 21 heavy (non-hydrogen) atoms. The summed E-state index contributed by atoms with van der Waals surface area (Å²) in [6, 6.07) is 5.81. The molecule has 0 aromatic heterocycles. The topological polar surface area (TPSA) is 84.5 Å². The largest absolute Gasteiger partial charge is 0.468 e. The van der Waals surface area contributed by atoms with Crippen LogP contribution in [0, 0.1) is 0 Å². The van der Waals surface area contributed by atoms with Crippen LogP contribution in [0.25, 0.3) is 0 Å². The molecule has 0 aliphatic carbocycles. The third-order valence-corrected chi connectivity index (χ3v) is 4.75. The monoisotopic (exact) mass is 314 g/mol. The van der Waals surface area contributed by atoms with Crippen LogP contribution >= 0.6 is 0 Å². The van der Waals surface area contributed by atoms with Crippen molar-refractivity contribution in [3.05, 3.63) is 29.8 Å². The fraction of sp³-hybridized carbons (Fsp3) is 0.500. The van der Waals surface area contributed by atoms with Gasteiger partial charge in [0.15, 0.2) is 0 Å². The number of hydrogen-bond donors (Lipinski definition) is 2. The van der Waals surface area contributed by atoms with E-state index in [1.54, 1.807) is 12.1 Å². The summed E-state index contributed by atoms with van der Waals surface area (Å²) in [5, 5.41) is 3.13. The summed E-state index contributed by atoms with van der Waals surface area (Å²) < 4.78 is 31.4. The molecule has 0 radical (unpaired) electrons. The lowest BCUT2D eigenvalue weighted by molar-refractivity contribution is -0.142. The van der Waals surface area contributed by atoms with Gasteiger partial charge in [0.2, 0.25) is 10.0 Å². The molecule has 0 saturated carbocycles. The Labute approximate surface area is 125 Å². The number of rotatable bonds is 7. The van der Waals surface area contributed by atoms with Gasteiger partial charge >= 0.3 is 5.97 Å². The molecular formula is C14H22N2O4S. The fourth-order valence-electron chi connectivity index (χ4n) is 2.03. The van der Waals surface area contributed by atoms with Crippen molar-refractivity contribution in [3.63, 3.8) is 0 Å². The molecule has 0 heterocycles. The zero-order chi connectivity index (χ0) is 16.0. The van der Waals surface area contributed by atoms with E-state index < -0.39 is 22.0 Å². The Hall–Kier alpha value is -1.44. The van der Waals surface area contributed by atoms with E-state index in [0.717, 1.165) is 12.0 Å². The summed E-state index contributed by atoms with van der Waals surface area (Å²) in [5.41, 5.74) is 0.883. The highest BCUT2D eigenvalue weighted by Crippen LogP contribution is 2.20. The predicted octanol–water partition coefficient (Wildman–Crippen LogP) is 1.20. The second kappa shape index (κ2) is 7.53. The van der Waals surface area contributed by atoms with Crippen LogP contribution in [0.5, 0.6) is 0 Å². The molecule has 7 heteroatoms. The van der Waals surface area contributed by atoms with E-state index in [0.29, 0.717) is 0 Å². The highest BCUT2D eigenvalue weighted by molar-refractivity contribution is 7.89. The van der Waals surface area contributed by atoms with Crippen molar-refractivity contribution >= 4 is 16.0 Å². The molecule has 1 aromatic rings. The molecule has 0 aliphatic heterocycles. The first kappa shape index (κ1) is 17.6. The van der Waals surface area contributed by atoms with Gasteiger partial charge in [-0.1, -0.05) is 19.1 Å². The molecule has 2 atom stereocenters. The van der Waals surface area contributed by atoms with Gasteiger partial charge in [-0.2, -0.15) is 4.72 Å². The van der Waals surface area contributed by atoms with Crippen molar-refractivity contribution in [1.82, 2.24) is 10.0 Å². The van der Waals surface area contributed by atoms with Gasteiger partial charge in [0, 0.05) is 6.04 Å². The number of ether oxygens (including phenoxy) is 1. The lowest BCUT2D eigenvalue weighted by Gasteiger charge is -2.16. The molecule has 118 valence electrons. The van der Waals surface area contributed by atoms with Gasteiger partial charge in [-0.05, 0) is 38.1 Å². The molecule has 6 nitrogen and oxygen atoms in total. The number of esters is 1. The van der Waals surface area contributed by atoms with Crippen molar-refractivity contribution in [3.8, 4) is 0 Å². The number of sulfonamides is 1. The van der Waals surface area contributed by atoms with Crippen molar-refractivity contribution in [2.24, 2.45) is 0 Å². The number of hydrogen-bond acceptors (Lipinski definition) is 5. The van der Waals surface area contributed by atoms with Crippen molar-refractivity contribution < 1.29 is 17.9 Å². The van der Waals surface area contributed by atoms with Crippen LogP contribution in [0.2, 0.25) is 0 Å². The van der Waals surface area contributed by atoms with Crippen molar-refractivity contribution in [2.75, 3.05) is 14.2 Å². The Morgan fingerprint density at radius 1 is 1.38 bits per heavy atom. The Morgan fingerprint density at radius 2 is 2.05 bits per heavy atom. The molecule has 0 spiro atoms. The molecular weight excluding hydrogens is 292 g/mol. The van der Waals surface area contributed by atoms with Crippen LogP contribution in [0.4, 0.5) is 0 Å². The minimum atomic E-state index is -3.77. The molecule has 1 rings (SSSR count). The number of carbonyl (C=O) groups excluding carboxylic acids is 1. The van der Waals surface area contributed by atoms with Gasteiger partial charge in [-0.25, -0.2) is 8.42 Å². The maximum absolute atomic E-state index is 12.3. The lowest BCUT2D eigenvalue weighted by atomic mass is 10.1. The minimum absolute atomic E-state index is 0.0816. The zero-order valence-electron chi connectivity index (χ0n) is 12.7. The molecule has 0 amide bonds. The standard InChI is InChI=1S/C14H22N2O4S/c1-5-13(15-3)11-7-6-8-12(9-11)21(18,19)16-10(2)14(17)20-4/h6-10,13,15-16H,5H2,1-4H3. The zero-order valence-corrected chi connectivity index (χ0v) is 13.5. The van der Waals surface area contributed by atoms with Crippen LogP contribution < -0.4 is 10.0 Å². The summed E-state index contributed by atoms with van der Waals surface area (Å²) in [6.45, 7) is 3.45. The number of benzene rings is 1. The summed E-state index contributed by atoms with van der Waals surface area (Å²) in [5.74, 6) is -0.628. The van der Waals surface area contributed by atoms with Crippen molar-refractivity contribution in [1.29, 1.82) is 0 Å². The molecule has 2 unspecified atom stereocenters. The summed E-state index contributed by atoms with van der Waals surface area (Å²) in [6.07, 6.45) is 0.839. The van der Waals surface area contributed by atoms with Gasteiger partial charge < -0.3 is 10.1 Å². The Bertz CT molecular complexity index is 582. The van der Waals surface area contributed by atoms with E-state index in [1.165, 1.54) is 20.1 Å². The SMILES string of the molecule is CCC(NC)c1cccc(S(=O)(=O)NC(C)C(=O)OC)c1. The van der Waals surface area contributed by atoms with Gasteiger partial charge in [0.05, 0.1) is 12.0 Å². The lowest BCUT2D eigenvalue weighted by Crippen LogP contribution is -2.39. The van der Waals surface area contributed by atoms with E-state index in [9.17, 15) is 13.2 Å². The highest BCUT2D eigenvalue weighted by Gasteiger charge is 2.23. The average Bonchev–Trinajstić information content (AvgIpc) is 2.47. The molecule has 0 saturated heterocycles. The maximum Gasteiger partial charge on any atom is 0.323 e. The van der Waals surface area contributed by atoms with Gasteiger partial charge in [0.25, 0.3) is 0 Å². The maximum atomic E-state index is 12.3. The van der Waals surface area contributed by atoms with Crippen LogP contribution in [-0.2, 0) is 19.6 Å². The van der Waals surface area contributed by atoms with E-state index in [1.807, 2.05) is 20.0 Å². The van der Waals surface area contributed by atoms with Crippen LogP contribution in [0.15, 0.2) is 29.2 Å². The Kier molecular flexibility index (Phi) is 6.32. The second-order valence-electron chi connectivity index (χ2n) is 4.69. The van der Waals surface area contributed by atoms with E-state index in [2.05, 4.69) is 14.8 Å². The van der Waals surface area contributed by atoms with Gasteiger partial charge in [-0.3, -0.25) is 4.79 Å². The normalized spacial score (nSPS) is 14.5. The second-order valence-corrected chi connectivity index (χ2v) is 6.40. The molecule has 1 aromatic carbocycles. The summed E-state index contributed by atoms with van der Waals surface area (Å²) >= 11 is 0. The van der Waals surface area contributed by atoms with Crippen LogP contribution in [0.3, 0.4) is 0 Å².